The van der Waals surface area contributed by atoms with Gasteiger partial charge in [-0.2, -0.15) is 0 Å². The molecule has 4 nitrogen and oxygen atoms in total. The number of thioether (sulfide) groups is 1. The first kappa shape index (κ1) is 13.8. The molecule has 0 aliphatic carbocycles. The van der Waals surface area contributed by atoms with Crippen molar-refractivity contribution < 1.29 is 9.59 Å². The summed E-state index contributed by atoms with van der Waals surface area (Å²) < 4.78 is 0. The topological polar surface area (TPSA) is 50.3 Å². The van der Waals surface area contributed by atoms with Crippen LogP contribution in [0.3, 0.4) is 0 Å². The lowest BCUT2D eigenvalue weighted by atomic mass is 10.1. The van der Waals surface area contributed by atoms with Crippen molar-refractivity contribution in [2.75, 3.05) is 11.2 Å². The number of hydrogen-bond donors (Lipinski definition) is 0. The summed E-state index contributed by atoms with van der Waals surface area (Å²) in [5.41, 5.74) is 3.21. The van der Waals surface area contributed by atoms with Crippen LogP contribution in [0, 0.1) is 13.8 Å². The van der Waals surface area contributed by atoms with Crippen LogP contribution in [0.5, 0.6) is 0 Å². The maximum Gasteiger partial charge on any atom is 0.268 e. The summed E-state index contributed by atoms with van der Waals surface area (Å²) in [6.07, 6.45) is 1.86. The number of benzene rings is 1. The third-order valence-corrected chi connectivity index (χ3v) is 4.10. The average molecular weight is 298 g/mol. The van der Waals surface area contributed by atoms with E-state index in [9.17, 15) is 9.59 Å². The lowest BCUT2D eigenvalue weighted by Gasteiger charge is -2.14. The number of aryl methyl sites for hydroxylation is 2. The van der Waals surface area contributed by atoms with E-state index in [2.05, 4.69) is 4.98 Å². The Morgan fingerprint density at radius 3 is 2.52 bits per heavy atom. The van der Waals surface area contributed by atoms with Gasteiger partial charge in [-0.05, 0) is 43.9 Å². The molecule has 1 aliphatic rings. The number of rotatable bonds is 2. The zero-order valence-corrected chi connectivity index (χ0v) is 12.8. The highest BCUT2D eigenvalue weighted by Crippen LogP contribution is 2.33. The zero-order chi connectivity index (χ0) is 15.1. The number of carbonyl (C=O) groups excluding carboxylic acids is 2. The molecule has 21 heavy (non-hydrogen) atoms. The molecule has 106 valence electrons. The van der Waals surface area contributed by atoms with Crippen LogP contribution in [-0.4, -0.2) is 23.1 Å². The summed E-state index contributed by atoms with van der Waals surface area (Å²) >= 11 is 1.38. The van der Waals surface area contributed by atoms with Gasteiger partial charge in [-0.25, -0.2) is 9.88 Å². The highest BCUT2D eigenvalue weighted by molar-refractivity contribution is 7.98. The number of anilines is 1. The van der Waals surface area contributed by atoms with E-state index in [-0.39, 0.29) is 11.8 Å². The van der Waals surface area contributed by atoms with Crippen molar-refractivity contribution in [1.82, 2.24) is 4.98 Å². The van der Waals surface area contributed by atoms with Crippen LogP contribution in [0.15, 0.2) is 35.4 Å². The van der Waals surface area contributed by atoms with Crippen LogP contribution in [0.25, 0.3) is 0 Å². The minimum absolute atomic E-state index is 0.276. The molecule has 0 spiro atoms. The summed E-state index contributed by atoms with van der Waals surface area (Å²) in [6, 6.07) is 9.06. The van der Waals surface area contributed by atoms with Gasteiger partial charge in [0.25, 0.3) is 11.8 Å². The first-order valence-electron chi connectivity index (χ1n) is 6.54. The van der Waals surface area contributed by atoms with Gasteiger partial charge in [0.1, 0.15) is 5.03 Å². The maximum atomic E-state index is 12.7. The third-order valence-electron chi connectivity index (χ3n) is 3.42. The van der Waals surface area contributed by atoms with Crippen LogP contribution in [-0.2, 0) is 0 Å². The molecule has 0 radical (unpaired) electrons. The van der Waals surface area contributed by atoms with Crippen molar-refractivity contribution in [3.63, 3.8) is 0 Å². The number of amides is 2. The fourth-order valence-electron chi connectivity index (χ4n) is 2.49. The number of hydrogen-bond acceptors (Lipinski definition) is 4. The molecule has 2 heterocycles. The molecule has 1 aromatic carbocycles. The average Bonchev–Trinajstić information content (AvgIpc) is 2.70. The van der Waals surface area contributed by atoms with Gasteiger partial charge >= 0.3 is 0 Å². The molecule has 2 aromatic rings. The number of imide groups is 1. The van der Waals surface area contributed by atoms with Crippen LogP contribution < -0.4 is 4.90 Å². The second kappa shape index (κ2) is 5.00. The SMILES string of the molecule is CSc1nc(C)cc2c1C(=O)N(c1cccc(C)c1)C2=O. The molecule has 5 heteroatoms. The number of aromatic nitrogens is 1. The Hall–Kier alpha value is -2.14. The molecule has 1 aromatic heterocycles. The quantitative estimate of drug-likeness (QED) is 0.631. The molecule has 0 N–H and O–H groups in total. The molecular weight excluding hydrogens is 284 g/mol. The normalized spacial score (nSPS) is 13.8. The second-order valence-electron chi connectivity index (χ2n) is 4.98. The predicted molar refractivity (Wildman–Crippen MR) is 83.1 cm³/mol. The molecule has 1 aliphatic heterocycles. The van der Waals surface area contributed by atoms with Gasteiger partial charge in [0.2, 0.25) is 0 Å². The van der Waals surface area contributed by atoms with Crippen LogP contribution in [0.2, 0.25) is 0 Å². The molecule has 0 fully saturated rings. The number of fused-ring (bicyclic) bond motifs is 1. The molecule has 2 amide bonds. The highest BCUT2D eigenvalue weighted by Gasteiger charge is 2.39. The highest BCUT2D eigenvalue weighted by atomic mass is 32.2. The van der Waals surface area contributed by atoms with Crippen LogP contribution >= 0.6 is 11.8 Å². The monoisotopic (exact) mass is 298 g/mol. The third kappa shape index (κ3) is 2.14. The number of nitrogens with zero attached hydrogens (tertiary/aromatic N) is 2. The van der Waals surface area contributed by atoms with Crippen LogP contribution in [0.1, 0.15) is 32.0 Å². The van der Waals surface area contributed by atoms with Crippen molar-refractivity contribution in [3.05, 3.63) is 52.7 Å². The second-order valence-corrected chi connectivity index (χ2v) is 5.78. The molecule has 0 saturated carbocycles. The van der Waals surface area contributed by atoms with E-state index < -0.39 is 0 Å². The predicted octanol–water partition coefficient (Wildman–Crippen LogP) is 3.22. The van der Waals surface area contributed by atoms with Crippen molar-refractivity contribution in [3.8, 4) is 0 Å². The summed E-state index contributed by atoms with van der Waals surface area (Å²) in [5.74, 6) is -0.571. The van der Waals surface area contributed by atoms with Gasteiger partial charge in [0.05, 0.1) is 16.8 Å². The van der Waals surface area contributed by atoms with Crippen LogP contribution in [0.4, 0.5) is 5.69 Å². The van der Waals surface area contributed by atoms with E-state index in [0.717, 1.165) is 11.3 Å². The Morgan fingerprint density at radius 2 is 1.86 bits per heavy atom. The van der Waals surface area contributed by atoms with Crippen molar-refractivity contribution in [2.45, 2.75) is 18.9 Å². The van der Waals surface area contributed by atoms with E-state index in [1.54, 1.807) is 12.1 Å². The van der Waals surface area contributed by atoms with E-state index >= 15 is 0 Å². The minimum Gasteiger partial charge on any atom is -0.268 e. The van der Waals surface area contributed by atoms with E-state index in [0.29, 0.717) is 21.8 Å². The Morgan fingerprint density at radius 1 is 1.10 bits per heavy atom. The van der Waals surface area contributed by atoms with Crippen molar-refractivity contribution >= 4 is 29.3 Å². The minimum atomic E-state index is -0.294. The first-order valence-corrected chi connectivity index (χ1v) is 7.76. The van der Waals surface area contributed by atoms with Gasteiger partial charge in [-0.3, -0.25) is 9.59 Å². The molecule has 3 rings (SSSR count). The smallest absolute Gasteiger partial charge is 0.268 e. The first-order chi connectivity index (χ1) is 10.0. The molecular formula is C16H14N2O2S. The summed E-state index contributed by atoms with van der Waals surface area (Å²) in [4.78, 5) is 30.9. The van der Waals surface area contributed by atoms with Crippen molar-refractivity contribution in [2.24, 2.45) is 0 Å². The van der Waals surface area contributed by atoms with Gasteiger partial charge in [-0.1, -0.05) is 12.1 Å². The van der Waals surface area contributed by atoms with Gasteiger partial charge < -0.3 is 0 Å². The molecule has 0 unspecified atom stereocenters. The van der Waals surface area contributed by atoms with Gasteiger partial charge in [-0.15, -0.1) is 11.8 Å². The van der Waals surface area contributed by atoms with E-state index in [4.69, 9.17) is 0 Å². The standard InChI is InChI=1S/C16H14N2O2S/c1-9-5-4-6-11(7-9)18-15(19)12-8-10(2)17-14(21-3)13(12)16(18)20/h4-8H,1-3H3. The molecule has 0 saturated heterocycles. The molecule has 0 bridgehead atoms. The Labute approximate surface area is 127 Å². The van der Waals surface area contributed by atoms with E-state index in [1.807, 2.05) is 38.3 Å². The zero-order valence-electron chi connectivity index (χ0n) is 12.0. The summed E-state index contributed by atoms with van der Waals surface area (Å²) in [5, 5.41) is 0.610. The lowest BCUT2D eigenvalue weighted by Crippen LogP contribution is -2.29. The fraction of sp³-hybridized carbons (Fsp3) is 0.188. The Balaban J connectivity index is 2.17. The maximum absolute atomic E-state index is 12.7. The lowest BCUT2D eigenvalue weighted by molar-refractivity contribution is 0.0925. The number of pyridine rings is 1. The van der Waals surface area contributed by atoms with Crippen molar-refractivity contribution in [1.29, 1.82) is 0 Å². The summed E-state index contributed by atoms with van der Waals surface area (Å²) in [7, 11) is 0. The fourth-order valence-corrected chi connectivity index (χ4v) is 3.13. The van der Waals surface area contributed by atoms with Gasteiger partial charge in [0.15, 0.2) is 0 Å². The van der Waals surface area contributed by atoms with Gasteiger partial charge in [0, 0.05) is 5.69 Å². The Kier molecular flexibility index (Phi) is 3.29. The summed E-state index contributed by atoms with van der Waals surface area (Å²) in [6.45, 7) is 3.76. The Bertz CT molecular complexity index is 771. The van der Waals surface area contributed by atoms with E-state index in [1.165, 1.54) is 16.7 Å². The largest absolute Gasteiger partial charge is 0.268 e. The number of carbonyl (C=O) groups is 2. The molecule has 0 atom stereocenters.